The van der Waals surface area contributed by atoms with Gasteiger partial charge >= 0.3 is 0 Å². The van der Waals surface area contributed by atoms with Gasteiger partial charge in [-0.15, -0.1) is 0 Å². The van der Waals surface area contributed by atoms with E-state index in [2.05, 4.69) is 10.3 Å². The second kappa shape index (κ2) is 5.54. The summed E-state index contributed by atoms with van der Waals surface area (Å²) in [6.45, 7) is 1.03. The first-order chi connectivity index (χ1) is 9.81. The monoisotopic (exact) mass is 274 g/mol. The van der Waals surface area contributed by atoms with Crippen LogP contribution in [0.4, 0.5) is 0 Å². The molecule has 0 radical (unpaired) electrons. The number of ether oxygens (including phenoxy) is 2. The Kier molecular flexibility index (Phi) is 3.60. The van der Waals surface area contributed by atoms with E-state index in [1.807, 2.05) is 18.2 Å². The fourth-order valence-corrected chi connectivity index (χ4v) is 2.47. The van der Waals surface area contributed by atoms with Gasteiger partial charge in [0.1, 0.15) is 0 Å². The Balaban J connectivity index is 1.88. The molecule has 2 heterocycles. The highest BCUT2D eigenvalue weighted by atomic mass is 16.5. The molecule has 1 atom stereocenters. The average molecular weight is 274 g/mol. The molecular formula is C15H18N2O3. The van der Waals surface area contributed by atoms with Gasteiger partial charge in [0.2, 0.25) is 5.89 Å². The Morgan fingerprint density at radius 2 is 2.10 bits per heavy atom. The van der Waals surface area contributed by atoms with Crippen LogP contribution >= 0.6 is 0 Å². The second-order valence-electron chi connectivity index (χ2n) is 4.78. The lowest BCUT2D eigenvalue weighted by Gasteiger charge is -2.08. The third kappa shape index (κ3) is 2.36. The highest BCUT2D eigenvalue weighted by Crippen LogP contribution is 2.33. The molecule has 0 amide bonds. The van der Waals surface area contributed by atoms with Crippen molar-refractivity contribution in [3.8, 4) is 22.8 Å². The maximum atomic E-state index is 5.86. The molecule has 1 aliphatic rings. The van der Waals surface area contributed by atoms with Crippen LogP contribution in [0.15, 0.2) is 28.8 Å². The zero-order valence-electron chi connectivity index (χ0n) is 11.7. The first kappa shape index (κ1) is 13.0. The lowest BCUT2D eigenvalue weighted by Crippen LogP contribution is -2.12. The highest BCUT2D eigenvalue weighted by Gasteiger charge is 2.21. The molecule has 20 heavy (non-hydrogen) atoms. The van der Waals surface area contributed by atoms with E-state index in [1.165, 1.54) is 6.42 Å². The third-order valence-electron chi connectivity index (χ3n) is 3.55. The van der Waals surface area contributed by atoms with Crippen LogP contribution in [0, 0.1) is 0 Å². The first-order valence-electron chi connectivity index (χ1n) is 6.73. The van der Waals surface area contributed by atoms with E-state index in [-0.39, 0.29) is 6.04 Å². The molecule has 0 aliphatic carbocycles. The van der Waals surface area contributed by atoms with Crippen molar-refractivity contribution in [1.29, 1.82) is 0 Å². The van der Waals surface area contributed by atoms with Crippen molar-refractivity contribution in [3.05, 3.63) is 30.3 Å². The Morgan fingerprint density at radius 3 is 2.80 bits per heavy atom. The standard InChI is InChI=1S/C15H18N2O3/c1-18-12-6-5-10(8-13(12)19-2)14-9-17-15(20-14)11-4-3-7-16-11/h5-6,8-9,11,16H,3-4,7H2,1-2H3. The molecule has 0 spiro atoms. The maximum Gasteiger partial charge on any atom is 0.212 e. The van der Waals surface area contributed by atoms with E-state index in [0.29, 0.717) is 11.5 Å². The zero-order valence-corrected chi connectivity index (χ0v) is 11.7. The van der Waals surface area contributed by atoms with Gasteiger partial charge in [-0.05, 0) is 37.6 Å². The van der Waals surface area contributed by atoms with Crippen molar-refractivity contribution < 1.29 is 13.9 Å². The lowest BCUT2D eigenvalue weighted by molar-refractivity contribution is 0.355. The van der Waals surface area contributed by atoms with E-state index in [9.17, 15) is 0 Å². The number of methoxy groups -OCH3 is 2. The SMILES string of the molecule is COc1ccc(-c2cnc(C3CCCN3)o2)cc1OC. The number of benzene rings is 1. The molecule has 0 saturated carbocycles. The molecule has 2 aromatic rings. The normalized spacial score (nSPS) is 18.2. The molecule has 106 valence electrons. The van der Waals surface area contributed by atoms with E-state index in [0.717, 1.165) is 30.2 Å². The molecule has 1 fully saturated rings. The minimum atomic E-state index is 0.240. The topological polar surface area (TPSA) is 56.5 Å². The summed E-state index contributed by atoms with van der Waals surface area (Å²) in [5.74, 6) is 2.89. The Morgan fingerprint density at radius 1 is 1.25 bits per heavy atom. The number of hydrogen-bond donors (Lipinski definition) is 1. The summed E-state index contributed by atoms with van der Waals surface area (Å²) < 4.78 is 16.4. The van der Waals surface area contributed by atoms with Crippen molar-refractivity contribution in [2.75, 3.05) is 20.8 Å². The van der Waals surface area contributed by atoms with E-state index in [4.69, 9.17) is 13.9 Å². The number of hydrogen-bond acceptors (Lipinski definition) is 5. The number of nitrogens with one attached hydrogen (secondary N) is 1. The number of aromatic nitrogens is 1. The molecule has 1 aromatic heterocycles. The maximum absolute atomic E-state index is 5.86. The molecule has 1 aliphatic heterocycles. The predicted octanol–water partition coefficient (Wildman–Crippen LogP) is 2.78. The summed E-state index contributed by atoms with van der Waals surface area (Å²) in [5.41, 5.74) is 0.930. The quantitative estimate of drug-likeness (QED) is 0.929. The smallest absolute Gasteiger partial charge is 0.212 e. The van der Waals surface area contributed by atoms with Crippen molar-refractivity contribution in [1.82, 2.24) is 10.3 Å². The van der Waals surface area contributed by atoms with Crippen LogP contribution in [0.5, 0.6) is 11.5 Å². The Hall–Kier alpha value is -2.01. The van der Waals surface area contributed by atoms with Gasteiger partial charge in [0.15, 0.2) is 17.3 Å². The molecule has 1 unspecified atom stereocenters. The van der Waals surface area contributed by atoms with Gasteiger partial charge in [-0.25, -0.2) is 4.98 Å². The molecule has 1 saturated heterocycles. The summed E-state index contributed by atoms with van der Waals surface area (Å²) in [6.07, 6.45) is 4.00. The van der Waals surface area contributed by atoms with Crippen LogP contribution in [0.1, 0.15) is 24.8 Å². The fraction of sp³-hybridized carbons (Fsp3) is 0.400. The van der Waals surface area contributed by atoms with Gasteiger partial charge in [0, 0.05) is 5.56 Å². The van der Waals surface area contributed by atoms with Crippen LogP contribution in [0.3, 0.4) is 0 Å². The van der Waals surface area contributed by atoms with Crippen LogP contribution in [0.25, 0.3) is 11.3 Å². The molecule has 3 rings (SSSR count). The molecular weight excluding hydrogens is 256 g/mol. The summed E-state index contributed by atoms with van der Waals surface area (Å²) >= 11 is 0. The van der Waals surface area contributed by atoms with Gasteiger partial charge in [0.05, 0.1) is 26.5 Å². The van der Waals surface area contributed by atoms with Crippen molar-refractivity contribution in [3.63, 3.8) is 0 Å². The van der Waals surface area contributed by atoms with Gasteiger partial charge in [-0.3, -0.25) is 0 Å². The zero-order chi connectivity index (χ0) is 13.9. The minimum absolute atomic E-state index is 0.240. The largest absolute Gasteiger partial charge is 0.493 e. The Bertz CT molecular complexity index is 589. The highest BCUT2D eigenvalue weighted by molar-refractivity contribution is 5.62. The van der Waals surface area contributed by atoms with Crippen LogP contribution in [-0.4, -0.2) is 25.7 Å². The summed E-state index contributed by atoms with van der Waals surface area (Å²) in [7, 11) is 3.24. The van der Waals surface area contributed by atoms with E-state index >= 15 is 0 Å². The third-order valence-corrected chi connectivity index (χ3v) is 3.55. The van der Waals surface area contributed by atoms with Gasteiger partial charge < -0.3 is 19.2 Å². The average Bonchev–Trinajstić information content (AvgIpc) is 3.16. The van der Waals surface area contributed by atoms with Crippen molar-refractivity contribution in [2.45, 2.75) is 18.9 Å². The molecule has 1 aromatic carbocycles. The number of nitrogens with zero attached hydrogens (tertiary/aromatic N) is 1. The van der Waals surface area contributed by atoms with E-state index in [1.54, 1.807) is 20.4 Å². The molecule has 5 nitrogen and oxygen atoms in total. The molecule has 0 bridgehead atoms. The lowest BCUT2D eigenvalue weighted by atomic mass is 10.1. The summed E-state index contributed by atoms with van der Waals surface area (Å²) in [6, 6.07) is 5.94. The number of rotatable bonds is 4. The second-order valence-corrected chi connectivity index (χ2v) is 4.78. The van der Waals surface area contributed by atoms with Crippen LogP contribution in [-0.2, 0) is 0 Å². The Labute approximate surface area is 117 Å². The first-order valence-corrected chi connectivity index (χ1v) is 6.73. The fourth-order valence-electron chi connectivity index (χ4n) is 2.47. The van der Waals surface area contributed by atoms with Gasteiger partial charge in [-0.2, -0.15) is 0 Å². The van der Waals surface area contributed by atoms with Crippen LogP contribution < -0.4 is 14.8 Å². The van der Waals surface area contributed by atoms with Crippen LogP contribution in [0.2, 0.25) is 0 Å². The predicted molar refractivity (Wildman–Crippen MR) is 75.0 cm³/mol. The summed E-state index contributed by atoms with van der Waals surface area (Å²) in [5, 5.41) is 3.38. The van der Waals surface area contributed by atoms with Gasteiger partial charge in [-0.1, -0.05) is 0 Å². The van der Waals surface area contributed by atoms with E-state index < -0.39 is 0 Å². The minimum Gasteiger partial charge on any atom is -0.493 e. The van der Waals surface area contributed by atoms with Crippen molar-refractivity contribution >= 4 is 0 Å². The number of oxazole rings is 1. The van der Waals surface area contributed by atoms with Gasteiger partial charge in [0.25, 0.3) is 0 Å². The van der Waals surface area contributed by atoms with Crippen molar-refractivity contribution in [2.24, 2.45) is 0 Å². The summed E-state index contributed by atoms with van der Waals surface area (Å²) in [4.78, 5) is 4.37. The molecule has 1 N–H and O–H groups in total. The molecule has 5 heteroatoms.